The molecule has 174 valence electrons. The SMILES string of the molecule is CCNC(=NCc1ccccc1-n1nc(C)cc1C)NCC(=O)N(C)CCc1ccccn1. The van der Waals surface area contributed by atoms with E-state index in [1.807, 2.05) is 68.9 Å². The van der Waals surface area contributed by atoms with Crippen molar-refractivity contribution in [2.75, 3.05) is 26.7 Å². The minimum atomic E-state index is -0.000393. The molecule has 8 nitrogen and oxygen atoms in total. The first kappa shape index (κ1) is 24.0. The predicted octanol–water partition coefficient (Wildman–Crippen LogP) is 2.64. The van der Waals surface area contributed by atoms with Crippen LogP contribution in [-0.2, 0) is 17.8 Å². The number of aromatic nitrogens is 3. The first-order valence-corrected chi connectivity index (χ1v) is 11.3. The first-order valence-electron chi connectivity index (χ1n) is 11.3. The highest BCUT2D eigenvalue weighted by molar-refractivity contribution is 5.86. The third-order valence-corrected chi connectivity index (χ3v) is 5.24. The van der Waals surface area contributed by atoms with Gasteiger partial charge < -0.3 is 15.5 Å². The number of para-hydroxylation sites is 1. The standard InChI is InChI=1S/C25H33N7O/c1-5-26-25(29-18-24(33)31(4)15-13-22-11-8-9-14-27-22)28-17-21-10-6-7-12-23(21)32-20(3)16-19(2)30-32/h6-12,14,16H,5,13,15,17-18H2,1-4H3,(H2,26,28,29). The lowest BCUT2D eigenvalue weighted by Crippen LogP contribution is -2.44. The number of aliphatic imine (C=N–C) groups is 1. The van der Waals surface area contributed by atoms with Gasteiger partial charge in [0.2, 0.25) is 5.91 Å². The Morgan fingerprint density at radius 1 is 1.12 bits per heavy atom. The zero-order valence-corrected chi connectivity index (χ0v) is 19.9. The molecule has 2 aromatic heterocycles. The highest BCUT2D eigenvalue weighted by Gasteiger charge is 2.11. The second-order valence-electron chi connectivity index (χ2n) is 7.90. The summed E-state index contributed by atoms with van der Waals surface area (Å²) < 4.78 is 1.95. The molecule has 8 heteroatoms. The normalized spacial score (nSPS) is 11.3. The second-order valence-corrected chi connectivity index (χ2v) is 7.90. The molecular formula is C25H33N7O. The number of amides is 1. The molecule has 0 unspecified atom stereocenters. The van der Waals surface area contributed by atoms with E-state index in [0.29, 0.717) is 25.6 Å². The summed E-state index contributed by atoms with van der Waals surface area (Å²) in [6.07, 6.45) is 2.49. The van der Waals surface area contributed by atoms with Crippen LogP contribution < -0.4 is 10.6 Å². The van der Waals surface area contributed by atoms with Gasteiger partial charge in [0.25, 0.3) is 0 Å². The summed E-state index contributed by atoms with van der Waals surface area (Å²) in [6.45, 7) is 7.98. The number of aryl methyl sites for hydroxylation is 2. The van der Waals surface area contributed by atoms with Gasteiger partial charge in [-0.05, 0) is 50.6 Å². The molecule has 0 aliphatic rings. The van der Waals surface area contributed by atoms with Crippen LogP contribution in [0, 0.1) is 13.8 Å². The molecule has 0 radical (unpaired) electrons. The average molecular weight is 448 g/mol. The van der Waals surface area contributed by atoms with Crippen LogP contribution in [0.25, 0.3) is 5.69 Å². The fourth-order valence-electron chi connectivity index (χ4n) is 3.48. The summed E-state index contributed by atoms with van der Waals surface area (Å²) in [6, 6.07) is 16.0. The Hall–Kier alpha value is -3.68. The Morgan fingerprint density at radius 2 is 1.91 bits per heavy atom. The largest absolute Gasteiger partial charge is 0.357 e. The van der Waals surface area contributed by atoms with Gasteiger partial charge in [0.05, 0.1) is 24.5 Å². The summed E-state index contributed by atoms with van der Waals surface area (Å²) in [5.74, 6) is 0.603. The van der Waals surface area contributed by atoms with Crippen LogP contribution >= 0.6 is 0 Å². The molecule has 0 aliphatic heterocycles. The van der Waals surface area contributed by atoms with Crippen molar-refractivity contribution in [3.05, 3.63) is 77.4 Å². The Morgan fingerprint density at radius 3 is 2.61 bits per heavy atom. The molecule has 33 heavy (non-hydrogen) atoms. The van der Waals surface area contributed by atoms with Gasteiger partial charge in [-0.25, -0.2) is 9.67 Å². The number of carbonyl (C=O) groups excluding carboxylic acids is 1. The van der Waals surface area contributed by atoms with Crippen LogP contribution in [0.5, 0.6) is 0 Å². The van der Waals surface area contributed by atoms with Crippen molar-refractivity contribution in [3.63, 3.8) is 0 Å². The van der Waals surface area contributed by atoms with Crippen LogP contribution in [0.4, 0.5) is 0 Å². The van der Waals surface area contributed by atoms with Crippen molar-refractivity contribution in [2.24, 2.45) is 4.99 Å². The lowest BCUT2D eigenvalue weighted by Gasteiger charge is -2.18. The van der Waals surface area contributed by atoms with Crippen LogP contribution in [0.15, 0.2) is 59.7 Å². The minimum absolute atomic E-state index is 0.000393. The molecule has 0 fully saturated rings. The molecule has 1 amide bonds. The molecule has 3 aromatic rings. The topological polar surface area (TPSA) is 87.4 Å². The van der Waals surface area contributed by atoms with Crippen molar-refractivity contribution >= 4 is 11.9 Å². The van der Waals surface area contributed by atoms with Gasteiger partial charge in [-0.15, -0.1) is 0 Å². The second kappa shape index (κ2) is 11.8. The Bertz CT molecular complexity index is 1080. The number of benzene rings is 1. The molecule has 2 N–H and O–H groups in total. The molecule has 0 bridgehead atoms. The smallest absolute Gasteiger partial charge is 0.241 e. The Labute approximate surface area is 195 Å². The van der Waals surface area contributed by atoms with Crippen LogP contribution in [0.2, 0.25) is 0 Å². The van der Waals surface area contributed by atoms with Crippen molar-refractivity contribution in [2.45, 2.75) is 33.7 Å². The maximum Gasteiger partial charge on any atom is 0.241 e. The number of likely N-dealkylation sites (N-methyl/N-ethyl adjacent to an activating group) is 1. The highest BCUT2D eigenvalue weighted by atomic mass is 16.2. The fraction of sp³-hybridized carbons (Fsp3) is 0.360. The zero-order chi connectivity index (χ0) is 23.6. The molecule has 3 rings (SSSR count). The molecule has 1 aromatic carbocycles. The maximum atomic E-state index is 12.6. The number of pyridine rings is 1. The van der Waals surface area contributed by atoms with Gasteiger partial charge in [-0.2, -0.15) is 5.10 Å². The van der Waals surface area contributed by atoms with Crippen molar-refractivity contribution in [1.82, 2.24) is 30.3 Å². The molecule has 0 saturated heterocycles. The number of rotatable bonds is 9. The van der Waals surface area contributed by atoms with Gasteiger partial charge in [0.15, 0.2) is 5.96 Å². The molecule has 0 atom stereocenters. The summed E-state index contributed by atoms with van der Waals surface area (Å²) in [4.78, 5) is 23.3. The molecule has 0 saturated carbocycles. The molecule has 0 spiro atoms. The summed E-state index contributed by atoms with van der Waals surface area (Å²) in [5, 5.41) is 11.0. The quantitative estimate of drug-likeness (QED) is 0.389. The van der Waals surface area contributed by atoms with E-state index in [9.17, 15) is 4.79 Å². The van der Waals surface area contributed by atoms with Gasteiger partial charge in [-0.3, -0.25) is 9.78 Å². The van der Waals surface area contributed by atoms with Crippen LogP contribution in [0.1, 0.15) is 29.6 Å². The average Bonchev–Trinajstić information content (AvgIpc) is 3.17. The van der Waals surface area contributed by atoms with E-state index in [0.717, 1.165) is 34.8 Å². The number of carbonyl (C=O) groups is 1. The van der Waals surface area contributed by atoms with E-state index in [1.54, 1.807) is 11.1 Å². The third-order valence-electron chi connectivity index (χ3n) is 5.24. The number of hydrogen-bond donors (Lipinski definition) is 2. The fourth-order valence-corrected chi connectivity index (χ4v) is 3.48. The third kappa shape index (κ3) is 6.90. The zero-order valence-electron chi connectivity index (χ0n) is 19.9. The Kier molecular flexibility index (Phi) is 8.57. The first-order chi connectivity index (χ1) is 16.0. The van der Waals surface area contributed by atoms with E-state index in [1.165, 1.54) is 0 Å². The number of nitrogens with zero attached hydrogens (tertiary/aromatic N) is 5. The molecule has 0 aliphatic carbocycles. The number of guanidine groups is 1. The van der Waals surface area contributed by atoms with Crippen molar-refractivity contribution in [1.29, 1.82) is 0 Å². The predicted molar refractivity (Wildman–Crippen MR) is 131 cm³/mol. The molecule has 2 heterocycles. The van der Waals surface area contributed by atoms with Gasteiger partial charge in [0.1, 0.15) is 0 Å². The van der Waals surface area contributed by atoms with Gasteiger partial charge >= 0.3 is 0 Å². The summed E-state index contributed by atoms with van der Waals surface area (Å²) in [7, 11) is 1.81. The van der Waals surface area contributed by atoms with E-state index in [4.69, 9.17) is 4.99 Å². The van der Waals surface area contributed by atoms with E-state index in [2.05, 4.69) is 32.8 Å². The number of nitrogens with one attached hydrogen (secondary N) is 2. The summed E-state index contributed by atoms with van der Waals surface area (Å²) >= 11 is 0. The van der Waals surface area contributed by atoms with Crippen LogP contribution in [0.3, 0.4) is 0 Å². The highest BCUT2D eigenvalue weighted by Crippen LogP contribution is 2.17. The van der Waals surface area contributed by atoms with E-state index < -0.39 is 0 Å². The van der Waals surface area contributed by atoms with E-state index in [-0.39, 0.29) is 12.5 Å². The van der Waals surface area contributed by atoms with E-state index >= 15 is 0 Å². The number of hydrogen-bond acceptors (Lipinski definition) is 4. The molecular weight excluding hydrogens is 414 g/mol. The Balaban J connectivity index is 1.61. The van der Waals surface area contributed by atoms with Gasteiger partial charge in [0, 0.05) is 44.1 Å². The lowest BCUT2D eigenvalue weighted by molar-refractivity contribution is -0.128. The maximum absolute atomic E-state index is 12.6. The van der Waals surface area contributed by atoms with Crippen molar-refractivity contribution < 1.29 is 4.79 Å². The summed E-state index contributed by atoms with van der Waals surface area (Å²) in [5.41, 5.74) is 5.09. The monoisotopic (exact) mass is 447 g/mol. The minimum Gasteiger partial charge on any atom is -0.357 e. The van der Waals surface area contributed by atoms with Crippen LogP contribution in [-0.4, -0.2) is 58.2 Å². The lowest BCUT2D eigenvalue weighted by atomic mass is 10.2. The van der Waals surface area contributed by atoms with Gasteiger partial charge in [-0.1, -0.05) is 24.3 Å². The van der Waals surface area contributed by atoms with Crippen molar-refractivity contribution in [3.8, 4) is 5.69 Å².